The van der Waals surface area contributed by atoms with E-state index in [0.29, 0.717) is 34.7 Å². The van der Waals surface area contributed by atoms with Crippen molar-refractivity contribution in [3.8, 4) is 0 Å². The van der Waals surface area contributed by atoms with Gasteiger partial charge in [0, 0.05) is 29.7 Å². The van der Waals surface area contributed by atoms with Gasteiger partial charge in [-0.05, 0) is 48.9 Å². The molecule has 30 heavy (non-hydrogen) atoms. The largest absolute Gasteiger partial charge is 0.336 e. The van der Waals surface area contributed by atoms with Crippen LogP contribution in [0.4, 0.5) is 5.69 Å². The second kappa shape index (κ2) is 6.86. The maximum Gasteiger partial charge on any atom is 0.259 e. The molecular weight excluding hydrogens is 378 g/mol. The van der Waals surface area contributed by atoms with Crippen molar-refractivity contribution in [2.45, 2.75) is 46.0 Å². The maximum atomic E-state index is 13.3. The van der Waals surface area contributed by atoms with Gasteiger partial charge in [0.05, 0.1) is 27.7 Å². The minimum Gasteiger partial charge on any atom is -0.336 e. The standard InChI is InChI=1S/C23H23N5O2/c1-23(2,3)12-19-20-15(11-17(13-4-5-13)27-22(20)30-28-19)21(29)26-14-6-7-16-18(10-14)25-9-8-24-16/h6-11,13H,4-5,12H2,1-3H3,(H,26,29). The summed E-state index contributed by atoms with van der Waals surface area (Å²) >= 11 is 0. The van der Waals surface area contributed by atoms with Gasteiger partial charge in [-0.3, -0.25) is 14.8 Å². The van der Waals surface area contributed by atoms with Crippen molar-refractivity contribution >= 4 is 33.7 Å². The summed E-state index contributed by atoms with van der Waals surface area (Å²) in [6.45, 7) is 6.40. The van der Waals surface area contributed by atoms with Gasteiger partial charge in [0.1, 0.15) is 0 Å². The summed E-state index contributed by atoms with van der Waals surface area (Å²) in [4.78, 5) is 26.6. The third-order valence-corrected chi connectivity index (χ3v) is 5.20. The van der Waals surface area contributed by atoms with E-state index in [1.54, 1.807) is 12.4 Å². The fourth-order valence-electron chi connectivity index (χ4n) is 3.66. The van der Waals surface area contributed by atoms with Crippen molar-refractivity contribution in [3.63, 3.8) is 0 Å². The Bertz CT molecular complexity index is 1270. The highest BCUT2D eigenvalue weighted by molar-refractivity contribution is 6.12. The molecule has 0 aliphatic heterocycles. The minimum atomic E-state index is -0.203. The molecule has 4 aromatic rings. The highest BCUT2D eigenvalue weighted by atomic mass is 16.5. The first-order chi connectivity index (χ1) is 14.4. The second-order valence-electron chi connectivity index (χ2n) is 9.13. The second-order valence-corrected chi connectivity index (χ2v) is 9.13. The number of hydrogen-bond acceptors (Lipinski definition) is 6. The van der Waals surface area contributed by atoms with Crippen LogP contribution in [0.1, 0.15) is 61.3 Å². The number of fused-ring (bicyclic) bond motifs is 2. The molecule has 1 aliphatic rings. The quantitative estimate of drug-likeness (QED) is 0.523. The van der Waals surface area contributed by atoms with E-state index >= 15 is 0 Å². The van der Waals surface area contributed by atoms with Crippen molar-refractivity contribution in [3.05, 3.63) is 53.6 Å². The first-order valence-corrected chi connectivity index (χ1v) is 10.2. The zero-order valence-electron chi connectivity index (χ0n) is 17.3. The van der Waals surface area contributed by atoms with E-state index in [1.165, 1.54) is 0 Å². The molecule has 0 radical (unpaired) electrons. The van der Waals surface area contributed by atoms with Gasteiger partial charge in [0.15, 0.2) is 0 Å². The van der Waals surface area contributed by atoms with Gasteiger partial charge in [-0.15, -0.1) is 0 Å². The molecule has 7 heteroatoms. The van der Waals surface area contributed by atoms with Crippen molar-refractivity contribution in [1.82, 2.24) is 20.1 Å². The topological polar surface area (TPSA) is 93.8 Å². The molecule has 5 rings (SSSR count). The smallest absolute Gasteiger partial charge is 0.259 e. The summed E-state index contributed by atoms with van der Waals surface area (Å²) in [5.74, 6) is 0.193. The third kappa shape index (κ3) is 3.63. The number of nitrogens with one attached hydrogen (secondary N) is 1. The van der Waals surface area contributed by atoms with Gasteiger partial charge >= 0.3 is 0 Å². The fourth-order valence-corrected chi connectivity index (χ4v) is 3.66. The molecule has 3 aromatic heterocycles. The van der Waals surface area contributed by atoms with E-state index < -0.39 is 0 Å². The lowest BCUT2D eigenvalue weighted by molar-refractivity contribution is 0.102. The average molecular weight is 401 g/mol. The summed E-state index contributed by atoms with van der Waals surface area (Å²) in [6.07, 6.45) is 6.16. The number of nitrogens with zero attached hydrogens (tertiary/aromatic N) is 4. The van der Waals surface area contributed by atoms with Gasteiger partial charge in [-0.2, -0.15) is 0 Å². The lowest BCUT2D eigenvalue weighted by Crippen LogP contribution is -2.15. The number of pyridine rings is 1. The van der Waals surface area contributed by atoms with Crippen LogP contribution in [0.2, 0.25) is 0 Å². The molecular formula is C23H23N5O2. The highest BCUT2D eigenvalue weighted by Crippen LogP contribution is 2.41. The number of amides is 1. The molecule has 1 aromatic carbocycles. The van der Waals surface area contributed by atoms with E-state index in [9.17, 15) is 4.79 Å². The minimum absolute atomic E-state index is 0.00370. The predicted octanol–water partition coefficient (Wildman–Crippen LogP) is 4.88. The number of anilines is 1. The normalized spacial score (nSPS) is 14.4. The van der Waals surface area contributed by atoms with E-state index in [1.807, 2.05) is 24.3 Å². The van der Waals surface area contributed by atoms with Crippen LogP contribution in [-0.2, 0) is 6.42 Å². The van der Waals surface area contributed by atoms with E-state index in [0.717, 1.165) is 35.3 Å². The summed E-state index contributed by atoms with van der Waals surface area (Å²) in [5.41, 5.74) is 4.84. The first kappa shape index (κ1) is 18.7. The SMILES string of the molecule is CC(C)(C)Cc1noc2nc(C3CC3)cc(C(=O)Nc3ccc4nccnc4c3)c12. The monoisotopic (exact) mass is 401 g/mol. The lowest BCUT2D eigenvalue weighted by Gasteiger charge is -2.16. The van der Waals surface area contributed by atoms with Crippen LogP contribution in [0, 0.1) is 5.41 Å². The third-order valence-electron chi connectivity index (χ3n) is 5.20. The Morgan fingerprint density at radius 3 is 2.63 bits per heavy atom. The zero-order chi connectivity index (χ0) is 20.9. The molecule has 152 valence electrons. The first-order valence-electron chi connectivity index (χ1n) is 10.2. The molecule has 0 saturated heterocycles. The molecule has 1 amide bonds. The Kier molecular flexibility index (Phi) is 4.27. The van der Waals surface area contributed by atoms with Crippen molar-refractivity contribution in [1.29, 1.82) is 0 Å². The molecule has 0 unspecified atom stereocenters. The summed E-state index contributed by atoms with van der Waals surface area (Å²) in [6, 6.07) is 7.41. The Morgan fingerprint density at radius 2 is 1.90 bits per heavy atom. The molecule has 0 bridgehead atoms. The van der Waals surface area contributed by atoms with E-state index in [2.05, 4.69) is 46.2 Å². The van der Waals surface area contributed by atoms with Crippen LogP contribution in [0.5, 0.6) is 0 Å². The van der Waals surface area contributed by atoms with Crippen LogP contribution in [0.15, 0.2) is 41.2 Å². The van der Waals surface area contributed by atoms with Crippen LogP contribution < -0.4 is 5.32 Å². The maximum absolute atomic E-state index is 13.3. The molecule has 0 atom stereocenters. The van der Waals surface area contributed by atoms with E-state index in [4.69, 9.17) is 4.52 Å². The molecule has 1 N–H and O–H groups in total. The Labute approximate surface area is 173 Å². The summed E-state index contributed by atoms with van der Waals surface area (Å²) in [5, 5.41) is 7.96. The molecule has 0 spiro atoms. The lowest BCUT2D eigenvalue weighted by atomic mass is 9.89. The number of carbonyl (C=O) groups is 1. The fraction of sp³-hybridized carbons (Fsp3) is 0.348. The van der Waals surface area contributed by atoms with Crippen LogP contribution in [0.3, 0.4) is 0 Å². The number of rotatable bonds is 4. The average Bonchev–Trinajstić information content (AvgIpc) is 3.49. The number of carbonyl (C=O) groups excluding carboxylic acids is 1. The van der Waals surface area contributed by atoms with Crippen LogP contribution in [-0.4, -0.2) is 26.0 Å². The number of aromatic nitrogens is 4. The Hall–Kier alpha value is -3.35. The van der Waals surface area contributed by atoms with Gasteiger partial charge in [-0.1, -0.05) is 25.9 Å². The molecule has 3 heterocycles. The van der Waals surface area contributed by atoms with Gasteiger partial charge in [0.2, 0.25) is 0 Å². The molecule has 7 nitrogen and oxygen atoms in total. The molecule has 1 fully saturated rings. The molecule has 1 saturated carbocycles. The molecule has 1 aliphatic carbocycles. The van der Waals surface area contributed by atoms with Crippen molar-refractivity contribution in [2.24, 2.45) is 5.41 Å². The van der Waals surface area contributed by atoms with Gasteiger partial charge in [-0.25, -0.2) is 4.98 Å². The van der Waals surface area contributed by atoms with Gasteiger partial charge < -0.3 is 9.84 Å². The number of benzene rings is 1. The van der Waals surface area contributed by atoms with Crippen LogP contribution >= 0.6 is 0 Å². The Morgan fingerprint density at radius 1 is 1.13 bits per heavy atom. The summed E-state index contributed by atoms with van der Waals surface area (Å²) in [7, 11) is 0. The number of hydrogen-bond donors (Lipinski definition) is 1. The summed E-state index contributed by atoms with van der Waals surface area (Å²) < 4.78 is 5.55. The van der Waals surface area contributed by atoms with Crippen molar-refractivity contribution < 1.29 is 9.32 Å². The predicted molar refractivity (Wildman–Crippen MR) is 114 cm³/mol. The zero-order valence-corrected chi connectivity index (χ0v) is 17.3. The Balaban J connectivity index is 1.56. The van der Waals surface area contributed by atoms with Gasteiger partial charge in [0.25, 0.3) is 11.6 Å². The van der Waals surface area contributed by atoms with E-state index in [-0.39, 0.29) is 11.3 Å². The highest BCUT2D eigenvalue weighted by Gasteiger charge is 2.30. The van der Waals surface area contributed by atoms with Crippen molar-refractivity contribution in [2.75, 3.05) is 5.32 Å². The van der Waals surface area contributed by atoms with Crippen LogP contribution in [0.25, 0.3) is 22.1 Å².